The van der Waals surface area contributed by atoms with Crippen LogP contribution in [0.2, 0.25) is 0 Å². The molecule has 0 saturated heterocycles. The van der Waals surface area contributed by atoms with Crippen molar-refractivity contribution in [1.29, 1.82) is 0 Å². The monoisotopic (exact) mass is 409 g/mol. The van der Waals surface area contributed by atoms with Crippen molar-refractivity contribution in [1.82, 2.24) is 14.9 Å². The number of aromatic nitrogens is 2. The number of nitrogens with one attached hydrogen (secondary N) is 1. The summed E-state index contributed by atoms with van der Waals surface area (Å²) >= 11 is 0. The molecule has 0 aliphatic heterocycles. The molecule has 0 spiro atoms. The first kappa shape index (κ1) is 20.3. The third-order valence-electron chi connectivity index (χ3n) is 5.77. The van der Waals surface area contributed by atoms with E-state index in [4.69, 9.17) is 0 Å². The maximum atomic E-state index is 13.7. The molecule has 2 aromatic heterocycles. The van der Waals surface area contributed by atoms with Gasteiger partial charge in [-0.3, -0.25) is 9.78 Å². The van der Waals surface area contributed by atoms with Crippen molar-refractivity contribution in [2.24, 2.45) is 0 Å². The highest BCUT2D eigenvalue weighted by Gasteiger charge is 2.26. The van der Waals surface area contributed by atoms with Crippen LogP contribution in [0.3, 0.4) is 0 Å². The summed E-state index contributed by atoms with van der Waals surface area (Å²) in [5.41, 5.74) is 5.53. The van der Waals surface area contributed by atoms with Gasteiger partial charge in [0.25, 0.3) is 5.91 Å². The molecule has 0 radical (unpaired) electrons. The molecule has 156 valence electrons. The van der Waals surface area contributed by atoms with Crippen LogP contribution < -0.4 is 5.32 Å². The number of amides is 1. The van der Waals surface area contributed by atoms with Gasteiger partial charge >= 0.3 is 0 Å². The summed E-state index contributed by atoms with van der Waals surface area (Å²) in [6.45, 7) is 2.81. The molecule has 0 bridgehead atoms. The Bertz CT molecular complexity index is 1060. The van der Waals surface area contributed by atoms with E-state index in [1.165, 1.54) is 11.6 Å². The van der Waals surface area contributed by atoms with Crippen LogP contribution in [-0.2, 0) is 25.8 Å². The summed E-state index contributed by atoms with van der Waals surface area (Å²) in [5, 5.41) is 3.01. The number of carbonyl (C=O) groups is 1. The van der Waals surface area contributed by atoms with E-state index >= 15 is 0 Å². The number of pyridine rings is 1. The molecule has 0 saturated carbocycles. The Hall–Kier alpha value is -3.02. The molecule has 4 nitrogen and oxygen atoms in total. The van der Waals surface area contributed by atoms with Gasteiger partial charge in [0, 0.05) is 37.1 Å². The highest BCUT2D eigenvalue weighted by molar-refractivity contribution is 5.95. The largest absolute Gasteiger partial charge is 0.350 e. The molecule has 1 amide bonds. The fourth-order valence-corrected chi connectivity index (χ4v) is 4.29. The van der Waals surface area contributed by atoms with Gasteiger partial charge in [-0.1, -0.05) is 12.1 Å². The van der Waals surface area contributed by atoms with Crippen LogP contribution in [0.5, 0.6) is 0 Å². The summed E-state index contributed by atoms with van der Waals surface area (Å²) < 4.78 is 29.1. The Kier molecular flexibility index (Phi) is 5.93. The topological polar surface area (TPSA) is 46.9 Å². The molecule has 1 aromatic carbocycles. The lowest BCUT2D eigenvalue weighted by Gasteiger charge is -2.17. The van der Waals surface area contributed by atoms with Gasteiger partial charge in [0.15, 0.2) is 11.6 Å². The van der Waals surface area contributed by atoms with E-state index in [9.17, 15) is 13.6 Å². The lowest BCUT2D eigenvalue weighted by Crippen LogP contribution is -2.29. The summed E-state index contributed by atoms with van der Waals surface area (Å²) in [6, 6.07) is 9.65. The number of rotatable bonds is 6. The quantitative estimate of drug-likeness (QED) is 0.657. The van der Waals surface area contributed by atoms with Gasteiger partial charge in [0.2, 0.25) is 0 Å². The molecule has 30 heavy (non-hydrogen) atoms. The Morgan fingerprint density at radius 3 is 2.73 bits per heavy atom. The molecule has 1 aliphatic carbocycles. The van der Waals surface area contributed by atoms with Crippen molar-refractivity contribution >= 4 is 5.91 Å². The molecule has 4 rings (SSSR count). The minimum atomic E-state index is -0.869. The van der Waals surface area contributed by atoms with Crippen molar-refractivity contribution in [2.45, 2.75) is 45.6 Å². The number of carbonyl (C=O) groups excluding carboxylic acids is 1. The predicted molar refractivity (Wildman–Crippen MR) is 112 cm³/mol. The lowest BCUT2D eigenvalue weighted by molar-refractivity contribution is 0.0944. The zero-order chi connectivity index (χ0) is 21.1. The van der Waals surface area contributed by atoms with Gasteiger partial charge in [0.1, 0.15) is 5.69 Å². The van der Waals surface area contributed by atoms with Crippen LogP contribution >= 0.6 is 0 Å². The maximum absolute atomic E-state index is 13.7. The third kappa shape index (κ3) is 4.13. The van der Waals surface area contributed by atoms with Gasteiger partial charge in [0.05, 0.1) is 0 Å². The highest BCUT2D eigenvalue weighted by Crippen LogP contribution is 2.30. The molecule has 0 fully saturated rings. The molecule has 0 unspecified atom stereocenters. The third-order valence-corrected chi connectivity index (χ3v) is 5.77. The van der Waals surface area contributed by atoms with Crippen LogP contribution in [-0.4, -0.2) is 22.0 Å². The fourth-order valence-electron chi connectivity index (χ4n) is 4.29. The van der Waals surface area contributed by atoms with Crippen molar-refractivity contribution in [2.75, 3.05) is 6.54 Å². The number of nitrogens with zero attached hydrogens (tertiary/aromatic N) is 2. The maximum Gasteiger partial charge on any atom is 0.268 e. The second-order valence-electron chi connectivity index (χ2n) is 7.77. The molecule has 3 aromatic rings. The molecule has 6 heteroatoms. The lowest BCUT2D eigenvalue weighted by atomic mass is 9.95. The van der Waals surface area contributed by atoms with E-state index in [1.54, 1.807) is 12.3 Å². The first-order chi connectivity index (χ1) is 14.5. The molecule has 2 heterocycles. The highest BCUT2D eigenvalue weighted by atomic mass is 19.2. The van der Waals surface area contributed by atoms with Crippen molar-refractivity contribution in [3.05, 3.63) is 88.0 Å². The van der Waals surface area contributed by atoms with Gasteiger partial charge in [-0.05, 0) is 73.6 Å². The molecular formula is C24H25F2N3O. The smallest absolute Gasteiger partial charge is 0.268 e. The summed E-state index contributed by atoms with van der Waals surface area (Å²) in [4.78, 5) is 17.4. The van der Waals surface area contributed by atoms with Crippen LogP contribution in [0.4, 0.5) is 8.78 Å². The van der Waals surface area contributed by atoms with E-state index in [-0.39, 0.29) is 5.91 Å². The van der Waals surface area contributed by atoms with E-state index in [0.29, 0.717) is 30.8 Å². The number of hydrogen-bond donors (Lipinski definition) is 1. The standard InChI is InChI=1S/C24H25F2N3O/c1-16-19-7-2-3-8-22(19)29(15-17-9-10-20(25)21(26)14-17)23(16)24(30)28-13-11-18-6-4-5-12-27-18/h4-6,9-10,12,14H,2-3,7-8,11,13,15H2,1H3,(H,28,30). The summed E-state index contributed by atoms with van der Waals surface area (Å²) in [7, 11) is 0. The Morgan fingerprint density at radius 1 is 1.13 bits per heavy atom. The fraction of sp³-hybridized carbons (Fsp3) is 0.333. The van der Waals surface area contributed by atoms with Crippen LogP contribution in [0.15, 0.2) is 42.6 Å². The van der Waals surface area contributed by atoms with Crippen LogP contribution in [0.1, 0.15) is 51.4 Å². The average molecular weight is 409 g/mol. The zero-order valence-corrected chi connectivity index (χ0v) is 17.0. The Balaban J connectivity index is 1.60. The SMILES string of the molecule is Cc1c2c(n(Cc3ccc(F)c(F)c3)c1C(=O)NCCc1ccccn1)CCCC2. The number of halogens is 2. The number of benzene rings is 1. The van der Waals surface area contributed by atoms with E-state index in [0.717, 1.165) is 48.7 Å². The second kappa shape index (κ2) is 8.78. The minimum absolute atomic E-state index is 0.139. The zero-order valence-electron chi connectivity index (χ0n) is 17.0. The van der Waals surface area contributed by atoms with E-state index in [1.807, 2.05) is 29.7 Å². The molecular weight excluding hydrogens is 384 g/mol. The molecule has 1 N–H and O–H groups in total. The Labute approximate surface area is 175 Å². The Morgan fingerprint density at radius 2 is 1.97 bits per heavy atom. The van der Waals surface area contributed by atoms with Gasteiger partial charge < -0.3 is 9.88 Å². The normalized spacial score (nSPS) is 13.2. The predicted octanol–water partition coefficient (Wildman–Crippen LogP) is 4.37. The summed E-state index contributed by atoms with van der Waals surface area (Å²) in [5.74, 6) is -1.87. The average Bonchev–Trinajstić information content (AvgIpc) is 3.03. The van der Waals surface area contributed by atoms with Crippen molar-refractivity contribution < 1.29 is 13.6 Å². The summed E-state index contributed by atoms with van der Waals surface area (Å²) in [6.07, 6.45) is 6.39. The first-order valence-electron chi connectivity index (χ1n) is 10.4. The second-order valence-corrected chi connectivity index (χ2v) is 7.77. The first-order valence-corrected chi connectivity index (χ1v) is 10.4. The van der Waals surface area contributed by atoms with Crippen molar-refractivity contribution in [3.63, 3.8) is 0 Å². The van der Waals surface area contributed by atoms with Gasteiger partial charge in [-0.2, -0.15) is 0 Å². The molecule has 0 atom stereocenters. The van der Waals surface area contributed by atoms with Gasteiger partial charge in [-0.25, -0.2) is 8.78 Å². The molecule has 1 aliphatic rings. The number of hydrogen-bond acceptors (Lipinski definition) is 2. The van der Waals surface area contributed by atoms with Crippen LogP contribution in [0.25, 0.3) is 0 Å². The minimum Gasteiger partial charge on any atom is -0.350 e. The van der Waals surface area contributed by atoms with E-state index in [2.05, 4.69) is 10.3 Å². The number of fused-ring (bicyclic) bond motifs is 1. The van der Waals surface area contributed by atoms with Crippen LogP contribution in [0, 0.1) is 18.6 Å². The van der Waals surface area contributed by atoms with E-state index < -0.39 is 11.6 Å². The van der Waals surface area contributed by atoms with Gasteiger partial charge in [-0.15, -0.1) is 0 Å². The van der Waals surface area contributed by atoms with Crippen molar-refractivity contribution in [3.8, 4) is 0 Å².